The Kier molecular flexibility index (Phi) is 17.2. The molecule has 1 aliphatic rings. The van der Waals surface area contributed by atoms with Crippen LogP contribution in [0.1, 0.15) is 122 Å². The van der Waals surface area contributed by atoms with Gasteiger partial charge in [0.25, 0.3) is 0 Å². The second-order valence-electron chi connectivity index (χ2n) is 9.17. The van der Waals surface area contributed by atoms with E-state index in [2.05, 4.69) is 6.92 Å². The van der Waals surface area contributed by atoms with Crippen molar-refractivity contribution in [2.75, 3.05) is 26.2 Å². The Morgan fingerprint density at radius 2 is 0.935 bits per heavy atom. The summed E-state index contributed by atoms with van der Waals surface area (Å²) >= 11 is 0. The van der Waals surface area contributed by atoms with Gasteiger partial charge in [0.2, 0.25) is 11.8 Å². The second-order valence-corrected chi connectivity index (χ2v) is 9.17. The maximum absolute atomic E-state index is 12.4. The Morgan fingerprint density at radius 3 is 1.32 bits per heavy atom. The topological polar surface area (TPSA) is 57.7 Å². The molecule has 1 saturated heterocycles. The summed E-state index contributed by atoms with van der Waals surface area (Å²) in [4.78, 5) is 38.3. The van der Waals surface area contributed by atoms with Gasteiger partial charge in [0, 0.05) is 45.4 Å². The molecule has 0 aromatic carbocycles. The first-order valence-corrected chi connectivity index (χ1v) is 13.2. The normalized spacial score (nSPS) is 14.1. The summed E-state index contributed by atoms with van der Waals surface area (Å²) in [5, 5.41) is 0. The summed E-state index contributed by atoms with van der Waals surface area (Å²) in [5.74, 6) is 0.260. The van der Waals surface area contributed by atoms with Crippen molar-refractivity contribution in [3.05, 3.63) is 0 Å². The van der Waals surface area contributed by atoms with Crippen LogP contribution in [-0.2, 0) is 14.4 Å². The summed E-state index contributed by atoms with van der Waals surface area (Å²) in [6, 6.07) is 0. The van der Waals surface area contributed by atoms with Gasteiger partial charge in [0.05, 0.1) is 0 Å². The lowest BCUT2D eigenvalue weighted by Crippen LogP contribution is -2.50. The molecule has 0 radical (unpaired) electrons. The number of unbranched alkanes of at least 4 members (excludes halogenated alkanes) is 14. The van der Waals surface area contributed by atoms with E-state index in [1.807, 2.05) is 4.90 Å². The first kappa shape index (κ1) is 27.6. The van der Waals surface area contributed by atoms with Crippen molar-refractivity contribution in [2.45, 2.75) is 122 Å². The van der Waals surface area contributed by atoms with Crippen LogP contribution in [0.4, 0.5) is 0 Å². The predicted octanol–water partition coefficient (Wildman–Crippen LogP) is 5.90. The zero-order valence-electron chi connectivity index (χ0n) is 20.3. The second kappa shape index (κ2) is 19.3. The van der Waals surface area contributed by atoms with Gasteiger partial charge < -0.3 is 14.6 Å². The van der Waals surface area contributed by atoms with Crippen molar-refractivity contribution >= 4 is 18.1 Å². The largest absolute Gasteiger partial charge is 0.339 e. The Morgan fingerprint density at radius 1 is 0.581 bits per heavy atom. The lowest BCUT2D eigenvalue weighted by Gasteiger charge is -2.34. The van der Waals surface area contributed by atoms with Crippen molar-refractivity contribution in [2.24, 2.45) is 0 Å². The quantitative estimate of drug-likeness (QED) is 0.187. The maximum Gasteiger partial charge on any atom is 0.223 e. The maximum atomic E-state index is 12.4. The molecule has 0 aromatic heterocycles. The summed E-state index contributed by atoms with van der Waals surface area (Å²) < 4.78 is 0. The minimum absolute atomic E-state index is 0.0293. The zero-order chi connectivity index (χ0) is 22.6. The van der Waals surface area contributed by atoms with E-state index < -0.39 is 0 Å². The van der Waals surface area contributed by atoms with E-state index in [1.54, 1.807) is 4.90 Å². The number of carbonyl (C=O) groups is 3. The van der Waals surface area contributed by atoms with Crippen LogP contribution in [0.5, 0.6) is 0 Å². The van der Waals surface area contributed by atoms with Gasteiger partial charge >= 0.3 is 0 Å². The summed E-state index contributed by atoms with van der Waals surface area (Å²) in [5.41, 5.74) is 0. The van der Waals surface area contributed by atoms with Crippen molar-refractivity contribution in [3.8, 4) is 0 Å². The third-order valence-corrected chi connectivity index (χ3v) is 6.46. The Labute approximate surface area is 191 Å². The van der Waals surface area contributed by atoms with Gasteiger partial charge in [-0.25, -0.2) is 0 Å². The number of hydrogen-bond acceptors (Lipinski definition) is 3. The molecule has 0 N–H and O–H groups in total. The molecular weight excluding hydrogens is 388 g/mol. The van der Waals surface area contributed by atoms with Gasteiger partial charge in [0.1, 0.15) is 6.29 Å². The third-order valence-electron chi connectivity index (χ3n) is 6.46. The molecule has 0 unspecified atom stereocenters. The van der Waals surface area contributed by atoms with Gasteiger partial charge in [-0.05, 0) is 6.42 Å². The van der Waals surface area contributed by atoms with E-state index in [9.17, 15) is 14.4 Å². The molecule has 0 spiro atoms. The van der Waals surface area contributed by atoms with Crippen molar-refractivity contribution in [1.82, 2.24) is 9.80 Å². The Balaban J connectivity index is 1.88. The molecule has 1 heterocycles. The fraction of sp³-hybridized carbons (Fsp3) is 0.885. The van der Waals surface area contributed by atoms with E-state index in [0.29, 0.717) is 32.6 Å². The Bertz CT molecular complexity index is 473. The number of carbonyl (C=O) groups excluding carboxylic acids is 3. The molecule has 0 aliphatic carbocycles. The van der Waals surface area contributed by atoms with Crippen molar-refractivity contribution < 1.29 is 14.4 Å². The molecule has 0 saturated carbocycles. The summed E-state index contributed by atoms with van der Waals surface area (Å²) in [7, 11) is 0. The minimum atomic E-state index is 0.0293. The van der Waals surface area contributed by atoms with Crippen molar-refractivity contribution in [3.63, 3.8) is 0 Å². The number of rotatable bonds is 19. The molecule has 1 aliphatic heterocycles. The van der Waals surface area contributed by atoms with E-state index >= 15 is 0 Å². The number of aldehydes is 1. The molecule has 0 bridgehead atoms. The van der Waals surface area contributed by atoms with Crippen LogP contribution >= 0.6 is 0 Å². The molecule has 1 rings (SSSR count). The highest BCUT2D eigenvalue weighted by molar-refractivity contribution is 5.79. The molecule has 5 nitrogen and oxygen atoms in total. The lowest BCUT2D eigenvalue weighted by atomic mass is 10.0. The fourth-order valence-corrected chi connectivity index (χ4v) is 4.35. The Hall–Kier alpha value is -1.39. The number of nitrogens with zero attached hydrogens (tertiary/aromatic N) is 2. The van der Waals surface area contributed by atoms with Crippen LogP contribution in [0.3, 0.4) is 0 Å². The molecule has 1 fully saturated rings. The molecular formula is C26H48N2O3. The number of amides is 2. The highest BCUT2D eigenvalue weighted by atomic mass is 16.2. The standard InChI is InChI=1S/C26H48N2O3/c1-2-3-4-5-6-7-8-9-10-11-12-13-14-15-16-18-25(30)27-20-22-28(23-21-27)26(31)19-17-24-29/h24H,2-23H2,1H3. The van der Waals surface area contributed by atoms with Gasteiger partial charge in [-0.15, -0.1) is 0 Å². The first-order chi connectivity index (χ1) is 15.2. The average molecular weight is 437 g/mol. The third kappa shape index (κ3) is 14.3. The average Bonchev–Trinajstić information content (AvgIpc) is 2.80. The van der Waals surface area contributed by atoms with Crippen molar-refractivity contribution in [1.29, 1.82) is 0 Å². The number of piperazine rings is 1. The molecule has 0 aromatic rings. The summed E-state index contributed by atoms with van der Waals surface area (Å²) in [6.07, 6.45) is 22.0. The first-order valence-electron chi connectivity index (χ1n) is 13.2. The van der Waals surface area contributed by atoms with Gasteiger partial charge in [-0.1, -0.05) is 96.8 Å². The highest BCUT2D eigenvalue weighted by Crippen LogP contribution is 2.14. The SMILES string of the molecule is CCCCCCCCCCCCCCCCCC(=O)N1CCN(C(=O)CCC=O)CC1. The molecule has 31 heavy (non-hydrogen) atoms. The van der Waals surface area contributed by atoms with Crippen LogP contribution < -0.4 is 0 Å². The van der Waals surface area contributed by atoms with E-state index in [-0.39, 0.29) is 24.7 Å². The van der Waals surface area contributed by atoms with Gasteiger partial charge in [-0.3, -0.25) is 9.59 Å². The molecule has 180 valence electrons. The van der Waals surface area contributed by atoms with E-state index in [4.69, 9.17) is 0 Å². The predicted molar refractivity (Wildman–Crippen MR) is 128 cm³/mol. The van der Waals surface area contributed by atoms with Crippen LogP contribution in [0.25, 0.3) is 0 Å². The van der Waals surface area contributed by atoms with Gasteiger partial charge in [0.15, 0.2) is 0 Å². The van der Waals surface area contributed by atoms with Crippen LogP contribution in [0.2, 0.25) is 0 Å². The van der Waals surface area contributed by atoms with Crippen LogP contribution in [0, 0.1) is 0 Å². The van der Waals surface area contributed by atoms with Gasteiger partial charge in [-0.2, -0.15) is 0 Å². The summed E-state index contributed by atoms with van der Waals surface area (Å²) in [6.45, 7) is 4.73. The fourth-order valence-electron chi connectivity index (χ4n) is 4.35. The lowest BCUT2D eigenvalue weighted by molar-refractivity contribution is -0.139. The monoisotopic (exact) mass is 436 g/mol. The van der Waals surface area contributed by atoms with E-state index in [0.717, 1.165) is 19.1 Å². The van der Waals surface area contributed by atoms with Crippen LogP contribution in [0.15, 0.2) is 0 Å². The molecule has 2 amide bonds. The zero-order valence-corrected chi connectivity index (χ0v) is 20.3. The molecule has 0 atom stereocenters. The van der Waals surface area contributed by atoms with Crippen LogP contribution in [-0.4, -0.2) is 54.1 Å². The smallest absolute Gasteiger partial charge is 0.223 e. The molecule has 5 heteroatoms. The van der Waals surface area contributed by atoms with E-state index in [1.165, 1.54) is 83.5 Å². The highest BCUT2D eigenvalue weighted by Gasteiger charge is 2.23. The minimum Gasteiger partial charge on any atom is -0.339 e. The number of hydrogen-bond donors (Lipinski definition) is 0.